The molecule has 3 aromatic rings. The average molecular weight is 330 g/mol. The van der Waals surface area contributed by atoms with Gasteiger partial charge in [-0.1, -0.05) is 48.5 Å². The number of ether oxygens (including phenoxy) is 1. The Kier molecular flexibility index (Phi) is 5.62. The van der Waals surface area contributed by atoms with Gasteiger partial charge in [0.1, 0.15) is 18.1 Å². The Labute approximate surface area is 146 Å². The lowest BCUT2D eigenvalue weighted by molar-refractivity contribution is -0.110. The minimum Gasteiger partial charge on any atom is -0.489 e. The molecule has 0 bridgehead atoms. The molecular weight excluding hydrogens is 312 g/mol. The smallest absolute Gasteiger partial charge is 0.178 e. The van der Waals surface area contributed by atoms with E-state index in [9.17, 15) is 4.79 Å². The number of hydrogen-bond donors (Lipinski definition) is 0. The predicted octanol–water partition coefficient (Wildman–Crippen LogP) is 5.15. The van der Waals surface area contributed by atoms with Gasteiger partial charge in [-0.2, -0.15) is 0 Å². The van der Waals surface area contributed by atoms with Gasteiger partial charge in [0.05, 0.1) is 6.26 Å². The van der Waals surface area contributed by atoms with Crippen LogP contribution in [0.3, 0.4) is 0 Å². The molecule has 0 aliphatic carbocycles. The number of furan rings is 1. The standard InChI is InChI=1S/C22H18O3/c23-20(12-15-21-7-4-16-24-21)11-8-18-9-13-22(14-10-18)25-17-19-5-2-1-3-6-19/h1-16H,17H2. The van der Waals surface area contributed by atoms with Gasteiger partial charge in [-0.25, -0.2) is 0 Å². The van der Waals surface area contributed by atoms with Crippen LogP contribution in [-0.4, -0.2) is 5.78 Å². The van der Waals surface area contributed by atoms with Gasteiger partial charge in [0, 0.05) is 0 Å². The summed E-state index contributed by atoms with van der Waals surface area (Å²) < 4.78 is 10.9. The number of ketones is 1. The van der Waals surface area contributed by atoms with Crippen LogP contribution in [0.2, 0.25) is 0 Å². The van der Waals surface area contributed by atoms with Crippen LogP contribution in [-0.2, 0) is 11.4 Å². The Hall–Kier alpha value is -3.33. The molecule has 0 amide bonds. The van der Waals surface area contributed by atoms with E-state index in [1.165, 1.54) is 12.2 Å². The van der Waals surface area contributed by atoms with Crippen LogP contribution in [0.25, 0.3) is 12.2 Å². The van der Waals surface area contributed by atoms with Crippen LogP contribution >= 0.6 is 0 Å². The molecule has 25 heavy (non-hydrogen) atoms. The molecule has 2 aromatic carbocycles. The largest absolute Gasteiger partial charge is 0.489 e. The lowest BCUT2D eigenvalue weighted by Gasteiger charge is -2.06. The van der Waals surface area contributed by atoms with Crippen molar-refractivity contribution >= 4 is 17.9 Å². The van der Waals surface area contributed by atoms with Gasteiger partial charge in [-0.05, 0) is 53.6 Å². The highest BCUT2D eigenvalue weighted by atomic mass is 16.5. The molecule has 0 radical (unpaired) electrons. The SMILES string of the molecule is O=C(C=Cc1ccc(OCc2ccccc2)cc1)C=Cc1ccco1. The quantitative estimate of drug-likeness (QED) is 0.562. The lowest BCUT2D eigenvalue weighted by Crippen LogP contribution is -1.94. The third-order valence-corrected chi connectivity index (χ3v) is 3.52. The highest BCUT2D eigenvalue weighted by Gasteiger charge is 1.96. The number of carbonyl (C=O) groups excluding carboxylic acids is 1. The van der Waals surface area contributed by atoms with Crippen molar-refractivity contribution in [1.82, 2.24) is 0 Å². The van der Waals surface area contributed by atoms with Gasteiger partial charge in [0.2, 0.25) is 0 Å². The number of carbonyl (C=O) groups is 1. The molecule has 1 aromatic heterocycles. The van der Waals surface area contributed by atoms with Crippen molar-refractivity contribution in [2.24, 2.45) is 0 Å². The Morgan fingerprint density at radius 2 is 1.64 bits per heavy atom. The molecule has 3 rings (SSSR count). The van der Waals surface area contributed by atoms with E-state index in [4.69, 9.17) is 9.15 Å². The lowest BCUT2D eigenvalue weighted by atomic mass is 10.2. The van der Waals surface area contributed by atoms with Gasteiger partial charge >= 0.3 is 0 Å². The summed E-state index contributed by atoms with van der Waals surface area (Å²) in [6.07, 6.45) is 8.00. The minimum atomic E-state index is -0.0965. The molecule has 124 valence electrons. The zero-order valence-corrected chi connectivity index (χ0v) is 13.7. The molecule has 0 saturated heterocycles. The van der Waals surface area contributed by atoms with E-state index in [1.54, 1.807) is 30.5 Å². The topological polar surface area (TPSA) is 39.4 Å². The van der Waals surface area contributed by atoms with E-state index in [0.29, 0.717) is 12.4 Å². The van der Waals surface area contributed by atoms with Crippen LogP contribution in [0.15, 0.2) is 89.6 Å². The summed E-state index contributed by atoms with van der Waals surface area (Å²) in [4.78, 5) is 11.8. The van der Waals surface area contributed by atoms with Gasteiger partial charge in [-0.15, -0.1) is 0 Å². The zero-order valence-electron chi connectivity index (χ0n) is 13.7. The Bertz CT molecular complexity index is 842. The van der Waals surface area contributed by atoms with Crippen LogP contribution in [0.1, 0.15) is 16.9 Å². The first-order valence-electron chi connectivity index (χ1n) is 8.00. The normalized spacial score (nSPS) is 11.2. The summed E-state index contributed by atoms with van der Waals surface area (Å²) in [6, 6.07) is 21.2. The fourth-order valence-electron chi connectivity index (χ4n) is 2.20. The Balaban J connectivity index is 1.52. The van der Waals surface area contributed by atoms with Gasteiger partial charge < -0.3 is 9.15 Å². The molecule has 3 nitrogen and oxygen atoms in total. The van der Waals surface area contributed by atoms with E-state index in [2.05, 4.69) is 0 Å². The first-order valence-corrected chi connectivity index (χ1v) is 8.00. The number of rotatable bonds is 7. The molecule has 0 fully saturated rings. The van der Waals surface area contributed by atoms with E-state index in [-0.39, 0.29) is 5.78 Å². The molecule has 1 heterocycles. The Morgan fingerprint density at radius 3 is 2.36 bits per heavy atom. The summed E-state index contributed by atoms with van der Waals surface area (Å²) in [5.41, 5.74) is 2.06. The molecular formula is C22H18O3. The first kappa shape index (κ1) is 16.5. The second kappa shape index (κ2) is 8.50. The Morgan fingerprint density at radius 1 is 0.880 bits per heavy atom. The monoisotopic (exact) mass is 330 g/mol. The first-order chi connectivity index (χ1) is 12.3. The van der Waals surface area contributed by atoms with E-state index in [1.807, 2.05) is 54.6 Å². The fourth-order valence-corrected chi connectivity index (χ4v) is 2.20. The van der Waals surface area contributed by atoms with Crippen LogP contribution in [0, 0.1) is 0 Å². The summed E-state index contributed by atoms with van der Waals surface area (Å²) in [5, 5.41) is 0. The number of benzene rings is 2. The molecule has 0 aliphatic rings. The highest BCUT2D eigenvalue weighted by Crippen LogP contribution is 2.15. The number of allylic oxidation sites excluding steroid dienone is 2. The predicted molar refractivity (Wildman–Crippen MR) is 99.0 cm³/mol. The fraction of sp³-hybridized carbons (Fsp3) is 0.0455. The zero-order chi connectivity index (χ0) is 17.3. The van der Waals surface area contributed by atoms with Crippen molar-refractivity contribution < 1.29 is 13.9 Å². The van der Waals surface area contributed by atoms with Crippen molar-refractivity contribution in [1.29, 1.82) is 0 Å². The van der Waals surface area contributed by atoms with E-state index < -0.39 is 0 Å². The molecule has 0 N–H and O–H groups in total. The van der Waals surface area contributed by atoms with Crippen molar-refractivity contribution in [3.05, 3.63) is 102 Å². The molecule has 0 aliphatic heterocycles. The average Bonchev–Trinajstić information content (AvgIpc) is 3.18. The van der Waals surface area contributed by atoms with Gasteiger partial charge in [0.25, 0.3) is 0 Å². The minimum absolute atomic E-state index is 0.0965. The molecule has 0 saturated carbocycles. The maximum Gasteiger partial charge on any atom is 0.178 e. The van der Waals surface area contributed by atoms with E-state index in [0.717, 1.165) is 16.9 Å². The second-order valence-corrected chi connectivity index (χ2v) is 5.43. The third kappa shape index (κ3) is 5.36. The third-order valence-electron chi connectivity index (χ3n) is 3.52. The van der Waals surface area contributed by atoms with E-state index >= 15 is 0 Å². The summed E-state index contributed by atoms with van der Waals surface area (Å²) in [6.45, 7) is 0.534. The molecule has 3 heteroatoms. The molecule has 0 spiro atoms. The van der Waals surface area contributed by atoms with Crippen molar-refractivity contribution in [2.75, 3.05) is 0 Å². The van der Waals surface area contributed by atoms with Crippen LogP contribution in [0.4, 0.5) is 0 Å². The summed E-state index contributed by atoms with van der Waals surface area (Å²) in [7, 11) is 0. The van der Waals surface area contributed by atoms with Crippen LogP contribution in [0.5, 0.6) is 5.75 Å². The summed E-state index contributed by atoms with van der Waals surface area (Å²) >= 11 is 0. The molecule has 0 atom stereocenters. The van der Waals surface area contributed by atoms with Crippen LogP contribution < -0.4 is 4.74 Å². The van der Waals surface area contributed by atoms with Crippen molar-refractivity contribution in [3.8, 4) is 5.75 Å². The van der Waals surface area contributed by atoms with Gasteiger partial charge in [-0.3, -0.25) is 4.79 Å². The maximum absolute atomic E-state index is 11.8. The maximum atomic E-state index is 11.8. The van der Waals surface area contributed by atoms with Crippen molar-refractivity contribution in [2.45, 2.75) is 6.61 Å². The number of hydrogen-bond acceptors (Lipinski definition) is 3. The van der Waals surface area contributed by atoms with Crippen molar-refractivity contribution in [3.63, 3.8) is 0 Å². The second-order valence-electron chi connectivity index (χ2n) is 5.43. The molecule has 0 unspecified atom stereocenters. The summed E-state index contributed by atoms with van der Waals surface area (Å²) in [5.74, 6) is 1.35. The highest BCUT2D eigenvalue weighted by molar-refractivity contribution is 6.04. The van der Waals surface area contributed by atoms with Gasteiger partial charge in [0.15, 0.2) is 5.78 Å².